The first-order valence-corrected chi connectivity index (χ1v) is 11.5. The van der Waals surface area contributed by atoms with E-state index in [0.29, 0.717) is 26.1 Å². The van der Waals surface area contributed by atoms with Crippen LogP contribution in [-0.4, -0.2) is 25.1 Å². The molecule has 4 rings (SSSR count). The maximum Gasteiger partial charge on any atom is 0.244 e. The van der Waals surface area contributed by atoms with Crippen molar-refractivity contribution in [2.24, 2.45) is 0 Å². The number of hydrogen-bond donors (Lipinski definition) is 1. The van der Waals surface area contributed by atoms with E-state index in [-0.39, 0.29) is 11.9 Å². The standard InChI is InChI=1S/C28H32N2O2/c1-3-17-32-25-13-14-27-24(19-25)20-29-26(18-23-7-5-4-6-8-23)28(31)30(27)16-15-22-11-9-21(2)10-12-22/h4-14,19,26,29H,3,15-18,20H2,1-2H3/t26-/m0/s1. The van der Waals surface area contributed by atoms with Crippen molar-refractivity contribution in [3.8, 4) is 5.75 Å². The fourth-order valence-corrected chi connectivity index (χ4v) is 4.14. The second-order valence-corrected chi connectivity index (χ2v) is 8.49. The minimum atomic E-state index is -0.261. The van der Waals surface area contributed by atoms with Crippen LogP contribution in [0.4, 0.5) is 5.69 Å². The topological polar surface area (TPSA) is 41.6 Å². The highest BCUT2D eigenvalue weighted by Gasteiger charge is 2.30. The van der Waals surface area contributed by atoms with Gasteiger partial charge in [-0.3, -0.25) is 4.79 Å². The molecule has 0 saturated heterocycles. The average molecular weight is 429 g/mol. The summed E-state index contributed by atoms with van der Waals surface area (Å²) in [5.41, 5.74) is 5.73. The van der Waals surface area contributed by atoms with Crippen LogP contribution in [0.1, 0.15) is 35.6 Å². The number of benzene rings is 3. The Bertz CT molecular complexity index is 1030. The zero-order valence-electron chi connectivity index (χ0n) is 19.0. The molecule has 1 N–H and O–H groups in total. The molecule has 1 aliphatic heterocycles. The molecule has 0 radical (unpaired) electrons. The molecule has 0 aliphatic carbocycles. The number of anilines is 1. The van der Waals surface area contributed by atoms with Gasteiger partial charge < -0.3 is 15.0 Å². The van der Waals surface area contributed by atoms with Crippen molar-refractivity contribution in [1.29, 1.82) is 0 Å². The average Bonchev–Trinajstić information content (AvgIpc) is 2.94. The van der Waals surface area contributed by atoms with Crippen LogP contribution in [0.3, 0.4) is 0 Å². The van der Waals surface area contributed by atoms with Crippen LogP contribution < -0.4 is 15.0 Å². The third kappa shape index (κ3) is 5.38. The van der Waals surface area contributed by atoms with E-state index in [1.165, 1.54) is 11.1 Å². The first-order valence-electron chi connectivity index (χ1n) is 11.5. The molecule has 0 aromatic heterocycles. The second kappa shape index (κ2) is 10.5. The third-order valence-electron chi connectivity index (χ3n) is 5.94. The van der Waals surface area contributed by atoms with Gasteiger partial charge in [0.05, 0.1) is 12.6 Å². The van der Waals surface area contributed by atoms with Crippen LogP contribution in [0, 0.1) is 6.92 Å². The Morgan fingerprint density at radius 3 is 2.53 bits per heavy atom. The second-order valence-electron chi connectivity index (χ2n) is 8.49. The minimum absolute atomic E-state index is 0.127. The Morgan fingerprint density at radius 2 is 1.78 bits per heavy atom. The monoisotopic (exact) mass is 428 g/mol. The number of hydrogen-bond acceptors (Lipinski definition) is 3. The molecule has 32 heavy (non-hydrogen) atoms. The molecular weight excluding hydrogens is 396 g/mol. The highest BCUT2D eigenvalue weighted by atomic mass is 16.5. The smallest absolute Gasteiger partial charge is 0.244 e. The highest BCUT2D eigenvalue weighted by Crippen LogP contribution is 2.29. The van der Waals surface area contributed by atoms with Crippen molar-refractivity contribution in [3.05, 3.63) is 95.1 Å². The SMILES string of the molecule is CCCOc1ccc2c(c1)CN[C@@H](Cc1ccccc1)C(=O)N2CCc1ccc(C)cc1. The van der Waals surface area contributed by atoms with E-state index in [1.807, 2.05) is 35.2 Å². The zero-order valence-corrected chi connectivity index (χ0v) is 19.0. The van der Waals surface area contributed by atoms with Crippen LogP contribution >= 0.6 is 0 Å². The van der Waals surface area contributed by atoms with Gasteiger partial charge in [0.1, 0.15) is 5.75 Å². The molecule has 3 aromatic carbocycles. The summed E-state index contributed by atoms with van der Waals surface area (Å²) in [6.07, 6.45) is 2.46. The van der Waals surface area contributed by atoms with Crippen molar-refractivity contribution in [2.45, 2.75) is 45.7 Å². The van der Waals surface area contributed by atoms with Gasteiger partial charge in [0.2, 0.25) is 5.91 Å². The fourth-order valence-electron chi connectivity index (χ4n) is 4.14. The first-order chi connectivity index (χ1) is 15.6. The molecule has 1 atom stereocenters. The first kappa shape index (κ1) is 22.1. The van der Waals surface area contributed by atoms with Gasteiger partial charge >= 0.3 is 0 Å². The van der Waals surface area contributed by atoms with Crippen molar-refractivity contribution in [3.63, 3.8) is 0 Å². The van der Waals surface area contributed by atoms with Crippen molar-refractivity contribution in [2.75, 3.05) is 18.1 Å². The van der Waals surface area contributed by atoms with Crippen LogP contribution in [0.5, 0.6) is 5.75 Å². The van der Waals surface area contributed by atoms with Gasteiger partial charge in [0.25, 0.3) is 0 Å². The van der Waals surface area contributed by atoms with Crippen LogP contribution in [0.25, 0.3) is 0 Å². The summed E-state index contributed by atoms with van der Waals surface area (Å²) in [5.74, 6) is 0.988. The summed E-state index contributed by atoms with van der Waals surface area (Å²) < 4.78 is 5.86. The molecule has 0 unspecified atom stereocenters. The maximum atomic E-state index is 13.7. The normalized spacial score (nSPS) is 15.9. The van der Waals surface area contributed by atoms with Gasteiger partial charge in [-0.1, -0.05) is 67.1 Å². The maximum absolute atomic E-state index is 13.7. The summed E-state index contributed by atoms with van der Waals surface area (Å²) in [6.45, 7) is 6.18. The number of nitrogens with one attached hydrogen (secondary N) is 1. The number of aryl methyl sites for hydroxylation is 1. The van der Waals surface area contributed by atoms with Crippen molar-refractivity contribution < 1.29 is 9.53 Å². The molecule has 0 bridgehead atoms. The van der Waals surface area contributed by atoms with E-state index in [9.17, 15) is 4.79 Å². The van der Waals surface area contributed by atoms with Crippen LogP contribution in [-0.2, 0) is 24.2 Å². The quantitative estimate of drug-likeness (QED) is 0.544. The number of nitrogens with zero attached hydrogens (tertiary/aromatic N) is 1. The summed E-state index contributed by atoms with van der Waals surface area (Å²) in [6, 6.07) is 24.6. The number of fused-ring (bicyclic) bond motifs is 1. The van der Waals surface area contributed by atoms with Crippen molar-refractivity contribution in [1.82, 2.24) is 5.32 Å². The molecule has 4 heteroatoms. The lowest BCUT2D eigenvalue weighted by atomic mass is 10.0. The lowest BCUT2D eigenvalue weighted by Crippen LogP contribution is -2.46. The molecule has 0 fully saturated rings. The molecule has 0 spiro atoms. The molecule has 0 saturated carbocycles. The Kier molecular flexibility index (Phi) is 7.23. The largest absolute Gasteiger partial charge is 0.494 e. The molecule has 1 aliphatic rings. The predicted molar refractivity (Wildman–Crippen MR) is 130 cm³/mol. The highest BCUT2D eigenvalue weighted by molar-refractivity contribution is 5.98. The molecule has 1 heterocycles. The third-order valence-corrected chi connectivity index (χ3v) is 5.94. The Morgan fingerprint density at radius 1 is 1.00 bits per heavy atom. The Hall–Kier alpha value is -3.11. The zero-order chi connectivity index (χ0) is 22.3. The number of amides is 1. The summed E-state index contributed by atoms with van der Waals surface area (Å²) in [7, 11) is 0. The number of ether oxygens (including phenoxy) is 1. The van der Waals surface area contributed by atoms with E-state index in [1.54, 1.807) is 0 Å². The van der Waals surface area contributed by atoms with E-state index in [2.05, 4.69) is 61.6 Å². The van der Waals surface area contributed by atoms with Gasteiger partial charge in [-0.2, -0.15) is 0 Å². The van der Waals surface area contributed by atoms with E-state index < -0.39 is 0 Å². The van der Waals surface area contributed by atoms with Gasteiger partial charge in [-0.25, -0.2) is 0 Å². The predicted octanol–water partition coefficient (Wildman–Crippen LogP) is 5.07. The molecule has 3 aromatic rings. The van der Waals surface area contributed by atoms with Gasteiger partial charge in [-0.15, -0.1) is 0 Å². The molecule has 4 nitrogen and oxygen atoms in total. The van der Waals surface area contributed by atoms with Crippen molar-refractivity contribution >= 4 is 11.6 Å². The summed E-state index contributed by atoms with van der Waals surface area (Å²) in [5, 5.41) is 3.51. The van der Waals surface area contributed by atoms with E-state index in [4.69, 9.17) is 4.74 Å². The van der Waals surface area contributed by atoms with Gasteiger partial charge in [-0.05, 0) is 61.1 Å². The van der Waals surface area contributed by atoms with E-state index >= 15 is 0 Å². The van der Waals surface area contributed by atoms with Gasteiger partial charge in [0.15, 0.2) is 0 Å². The van der Waals surface area contributed by atoms with Crippen LogP contribution in [0.15, 0.2) is 72.8 Å². The van der Waals surface area contributed by atoms with Gasteiger partial charge in [0, 0.05) is 18.8 Å². The molecule has 1 amide bonds. The Labute approximate surface area is 191 Å². The summed E-state index contributed by atoms with van der Waals surface area (Å²) in [4.78, 5) is 15.6. The molecular formula is C28H32N2O2. The number of rotatable bonds is 8. The number of carbonyl (C=O) groups excluding carboxylic acids is 1. The van der Waals surface area contributed by atoms with E-state index in [0.717, 1.165) is 35.4 Å². The fraction of sp³-hybridized carbons (Fsp3) is 0.321. The molecule has 166 valence electrons. The summed E-state index contributed by atoms with van der Waals surface area (Å²) >= 11 is 0. The van der Waals surface area contributed by atoms with Crippen LogP contribution in [0.2, 0.25) is 0 Å². The lowest BCUT2D eigenvalue weighted by molar-refractivity contribution is -0.120. The lowest BCUT2D eigenvalue weighted by Gasteiger charge is -2.26. The Balaban J connectivity index is 1.60. The number of carbonyl (C=O) groups is 1. The minimum Gasteiger partial charge on any atom is -0.494 e.